The van der Waals surface area contributed by atoms with Crippen molar-refractivity contribution in [3.8, 4) is 11.3 Å². The fourth-order valence-corrected chi connectivity index (χ4v) is 5.06. The van der Waals surface area contributed by atoms with Gasteiger partial charge in [-0.15, -0.1) is 0 Å². The minimum atomic E-state index is 0. The molecule has 0 bridgehead atoms. The second-order valence-corrected chi connectivity index (χ2v) is 10.1. The number of pyridine rings is 2. The zero-order chi connectivity index (χ0) is 24.7. The number of hydrogen-bond acceptors (Lipinski definition) is 1. The van der Waals surface area contributed by atoms with Crippen molar-refractivity contribution >= 4 is 10.9 Å². The predicted octanol–water partition coefficient (Wildman–Crippen LogP) is 5.46. The molecule has 0 saturated carbocycles. The van der Waals surface area contributed by atoms with E-state index < -0.39 is 0 Å². The van der Waals surface area contributed by atoms with Crippen molar-refractivity contribution in [1.29, 1.82) is 0 Å². The molecule has 0 radical (unpaired) electrons. The first kappa shape index (κ1) is 30.3. The highest BCUT2D eigenvalue weighted by atomic mass is 79.9. The summed E-state index contributed by atoms with van der Waals surface area (Å²) < 4.78 is 4.66. The van der Waals surface area contributed by atoms with Gasteiger partial charge in [-0.2, -0.15) is 0 Å². The van der Waals surface area contributed by atoms with Gasteiger partial charge in [0.2, 0.25) is 0 Å². The van der Waals surface area contributed by atoms with Gasteiger partial charge in [-0.05, 0) is 25.0 Å². The summed E-state index contributed by atoms with van der Waals surface area (Å²) in [5, 5.41) is 0.823. The molecule has 36 heavy (non-hydrogen) atoms. The number of nitrogens with zero attached hydrogens (tertiary/aromatic N) is 2. The molecule has 0 spiro atoms. The average Bonchev–Trinajstić information content (AvgIpc) is 2.89. The third-order valence-electron chi connectivity index (χ3n) is 7.21. The average molecular weight is 556 g/mol. The molecule has 0 atom stereocenters. The molecule has 0 unspecified atom stereocenters. The number of rotatable bonds is 17. The van der Waals surface area contributed by atoms with Gasteiger partial charge in [0.15, 0.2) is 17.8 Å². The molecule has 3 rings (SSSR count). The first-order chi connectivity index (χ1) is 17.2. The van der Waals surface area contributed by atoms with Crippen LogP contribution in [0.25, 0.3) is 22.2 Å². The van der Waals surface area contributed by atoms with Crippen LogP contribution in [0.2, 0.25) is 0 Å². The van der Waals surface area contributed by atoms with Crippen LogP contribution in [0.15, 0.2) is 59.7 Å². The van der Waals surface area contributed by atoms with Crippen molar-refractivity contribution in [3.63, 3.8) is 0 Å². The van der Waals surface area contributed by atoms with Gasteiger partial charge in [-0.25, -0.2) is 4.57 Å². The lowest BCUT2D eigenvalue weighted by Crippen LogP contribution is -3.00. The summed E-state index contributed by atoms with van der Waals surface area (Å²) in [5.41, 5.74) is 3.35. The molecular formula is C32H47BrN2O. The largest absolute Gasteiger partial charge is 1.00 e. The number of fused-ring (bicyclic) bond motifs is 1. The number of aryl methyl sites for hydroxylation is 2. The van der Waals surface area contributed by atoms with Crippen LogP contribution < -0.4 is 27.0 Å². The topological polar surface area (TPSA) is 25.9 Å². The Balaban J connectivity index is 0.00000456. The van der Waals surface area contributed by atoms with Crippen LogP contribution in [0.4, 0.5) is 0 Å². The Morgan fingerprint density at radius 2 is 1.25 bits per heavy atom. The summed E-state index contributed by atoms with van der Waals surface area (Å²) >= 11 is 0. The first-order valence-corrected chi connectivity index (χ1v) is 14.4. The maximum absolute atomic E-state index is 12.9. The van der Waals surface area contributed by atoms with E-state index in [1.807, 2.05) is 24.3 Å². The zero-order valence-corrected chi connectivity index (χ0v) is 24.3. The van der Waals surface area contributed by atoms with Gasteiger partial charge < -0.3 is 21.5 Å². The highest BCUT2D eigenvalue weighted by Gasteiger charge is 2.12. The Morgan fingerprint density at radius 1 is 0.694 bits per heavy atom. The van der Waals surface area contributed by atoms with E-state index in [2.05, 4.69) is 53.6 Å². The van der Waals surface area contributed by atoms with Crippen LogP contribution in [-0.2, 0) is 13.1 Å². The van der Waals surface area contributed by atoms with Crippen molar-refractivity contribution in [2.45, 2.75) is 117 Å². The second kappa shape index (κ2) is 17.5. The minimum absolute atomic E-state index is 0. The van der Waals surface area contributed by atoms with Crippen molar-refractivity contribution in [1.82, 2.24) is 4.57 Å². The fraction of sp³-hybridized carbons (Fsp3) is 0.562. The van der Waals surface area contributed by atoms with Crippen LogP contribution >= 0.6 is 0 Å². The molecule has 0 N–H and O–H groups in total. The fourth-order valence-electron chi connectivity index (χ4n) is 5.06. The summed E-state index contributed by atoms with van der Waals surface area (Å²) in [6.07, 6.45) is 22.7. The molecule has 0 amide bonds. The quantitative estimate of drug-likeness (QED) is 0.161. The Hall–Kier alpha value is -1.94. The van der Waals surface area contributed by atoms with Crippen LogP contribution in [0.3, 0.4) is 0 Å². The monoisotopic (exact) mass is 554 g/mol. The molecule has 0 saturated heterocycles. The molecule has 2 aromatic heterocycles. The van der Waals surface area contributed by atoms with E-state index in [0.717, 1.165) is 41.7 Å². The van der Waals surface area contributed by atoms with Crippen LogP contribution in [0.5, 0.6) is 0 Å². The summed E-state index contributed by atoms with van der Waals surface area (Å²) in [6, 6.07) is 14.3. The molecule has 0 fully saturated rings. The van der Waals surface area contributed by atoms with Gasteiger partial charge >= 0.3 is 0 Å². The first-order valence-electron chi connectivity index (χ1n) is 14.4. The highest BCUT2D eigenvalue weighted by Crippen LogP contribution is 2.23. The molecule has 3 nitrogen and oxygen atoms in total. The highest BCUT2D eigenvalue weighted by molar-refractivity contribution is 5.82. The Kier molecular flexibility index (Phi) is 14.7. The zero-order valence-electron chi connectivity index (χ0n) is 22.7. The summed E-state index contributed by atoms with van der Waals surface area (Å²) in [7, 11) is 0. The molecule has 0 aliphatic rings. The third-order valence-corrected chi connectivity index (χ3v) is 7.21. The molecule has 0 aliphatic carbocycles. The molecule has 3 aromatic rings. The van der Waals surface area contributed by atoms with E-state index in [4.69, 9.17) is 0 Å². The van der Waals surface area contributed by atoms with Crippen LogP contribution in [-0.4, -0.2) is 4.57 Å². The second-order valence-electron chi connectivity index (χ2n) is 10.1. The van der Waals surface area contributed by atoms with Crippen molar-refractivity contribution in [2.24, 2.45) is 0 Å². The van der Waals surface area contributed by atoms with Gasteiger partial charge in [-0.1, -0.05) is 96.6 Å². The standard InChI is InChI=1S/C32H47N2O.BrH/c1-3-5-7-9-11-13-17-23-33-25-21-28(22-26-33)31-27-32(35)29-19-15-16-20-30(29)34(31)24-18-14-12-10-8-6-4-2;/h15-16,19-22,25-27H,3-14,17-18,23-24H2,1-2H3;1H/q+1;/p-1. The summed E-state index contributed by atoms with van der Waals surface area (Å²) in [5.74, 6) is 0. The lowest BCUT2D eigenvalue weighted by Gasteiger charge is -2.17. The number of benzene rings is 1. The number of unbranched alkanes of at least 4 members (excludes halogenated alkanes) is 12. The Morgan fingerprint density at radius 3 is 1.89 bits per heavy atom. The predicted molar refractivity (Wildman–Crippen MR) is 150 cm³/mol. The van der Waals surface area contributed by atoms with E-state index in [-0.39, 0.29) is 22.4 Å². The molecule has 0 aliphatic heterocycles. The number of halogens is 1. The molecular weight excluding hydrogens is 508 g/mol. The van der Waals surface area contributed by atoms with E-state index in [9.17, 15) is 4.79 Å². The van der Waals surface area contributed by atoms with Gasteiger partial charge in [-0.3, -0.25) is 4.79 Å². The van der Waals surface area contributed by atoms with E-state index in [1.54, 1.807) is 0 Å². The Bertz CT molecular complexity index is 1060. The maximum Gasteiger partial charge on any atom is 0.190 e. The van der Waals surface area contributed by atoms with Gasteiger partial charge in [0.05, 0.1) is 11.2 Å². The Labute approximate surface area is 229 Å². The van der Waals surface area contributed by atoms with Crippen LogP contribution in [0, 0.1) is 0 Å². The van der Waals surface area contributed by atoms with Crippen LogP contribution in [0.1, 0.15) is 104 Å². The smallest absolute Gasteiger partial charge is 0.190 e. The van der Waals surface area contributed by atoms with Crippen molar-refractivity contribution < 1.29 is 21.5 Å². The molecule has 2 heterocycles. The molecule has 4 heteroatoms. The van der Waals surface area contributed by atoms with Gasteiger partial charge in [0, 0.05) is 42.1 Å². The maximum atomic E-state index is 12.9. The van der Waals surface area contributed by atoms with Crippen molar-refractivity contribution in [3.05, 3.63) is 65.1 Å². The summed E-state index contributed by atoms with van der Waals surface area (Å²) in [4.78, 5) is 12.9. The number of para-hydroxylation sites is 1. The minimum Gasteiger partial charge on any atom is -1.00 e. The van der Waals surface area contributed by atoms with E-state index >= 15 is 0 Å². The number of aromatic nitrogens is 2. The van der Waals surface area contributed by atoms with Gasteiger partial charge in [0.1, 0.15) is 6.54 Å². The number of hydrogen-bond donors (Lipinski definition) is 0. The van der Waals surface area contributed by atoms with E-state index in [0.29, 0.717) is 0 Å². The van der Waals surface area contributed by atoms with E-state index in [1.165, 1.54) is 83.5 Å². The van der Waals surface area contributed by atoms with Crippen molar-refractivity contribution in [2.75, 3.05) is 0 Å². The molecule has 1 aromatic carbocycles. The third kappa shape index (κ3) is 9.50. The normalized spacial score (nSPS) is 11.1. The van der Waals surface area contributed by atoms with Gasteiger partial charge in [0.25, 0.3) is 0 Å². The summed E-state index contributed by atoms with van der Waals surface area (Å²) in [6.45, 7) is 6.56. The lowest BCUT2D eigenvalue weighted by molar-refractivity contribution is -0.697. The SMILES string of the molecule is CCCCCCCCCn1c(-c2cc[n+](CCCCCCCCC)cc2)cc(=O)c2ccccc21.[Br-]. The lowest BCUT2D eigenvalue weighted by atomic mass is 10.1. The molecule has 198 valence electrons.